The van der Waals surface area contributed by atoms with Crippen molar-refractivity contribution in [2.45, 2.75) is 6.54 Å². The molecule has 1 saturated heterocycles. The van der Waals surface area contributed by atoms with Gasteiger partial charge in [-0.05, 0) is 36.0 Å². The summed E-state index contributed by atoms with van der Waals surface area (Å²) in [4.78, 5) is 49.2. The van der Waals surface area contributed by atoms with Crippen molar-refractivity contribution in [2.24, 2.45) is 14.1 Å². The Morgan fingerprint density at radius 2 is 1.81 bits per heavy atom. The first-order valence-electron chi connectivity index (χ1n) is 9.12. The van der Waals surface area contributed by atoms with E-state index in [1.54, 1.807) is 0 Å². The van der Waals surface area contributed by atoms with Crippen molar-refractivity contribution < 1.29 is 18.9 Å². The van der Waals surface area contributed by atoms with Crippen LogP contribution in [0.4, 0.5) is 14.9 Å². The summed E-state index contributed by atoms with van der Waals surface area (Å²) >= 11 is 6.58. The van der Waals surface area contributed by atoms with Gasteiger partial charge in [0.15, 0.2) is 0 Å². The minimum Gasteiger partial charge on any atom is -0.295 e. The predicted octanol–water partition coefficient (Wildman–Crippen LogP) is 3.81. The number of hydrogen-bond acceptors (Lipinski definition) is 6. The van der Waals surface area contributed by atoms with Crippen LogP contribution in [0.25, 0.3) is 17.1 Å². The van der Waals surface area contributed by atoms with E-state index in [2.05, 4.69) is 0 Å². The molecule has 3 aromatic rings. The molecular weight excluding hydrogens is 463 g/mol. The van der Waals surface area contributed by atoms with Crippen molar-refractivity contribution in [1.29, 1.82) is 0 Å². The normalized spacial score (nSPS) is 15.4. The monoisotopic (exact) mass is 476 g/mol. The number of thioether (sulfide) groups is 1. The molecule has 0 saturated carbocycles. The van der Waals surface area contributed by atoms with Gasteiger partial charge in [-0.15, -0.1) is 0 Å². The molecule has 12 heteroatoms. The maximum Gasteiger partial charge on any atom is 0.328 e. The van der Waals surface area contributed by atoms with E-state index in [1.807, 2.05) is 0 Å². The van der Waals surface area contributed by atoms with E-state index in [9.17, 15) is 28.9 Å². The largest absolute Gasteiger partial charge is 0.328 e. The molecule has 0 aliphatic carbocycles. The fourth-order valence-electron chi connectivity index (χ4n) is 3.44. The van der Waals surface area contributed by atoms with Crippen molar-refractivity contribution in [1.82, 2.24) is 14.0 Å². The predicted molar refractivity (Wildman–Crippen MR) is 118 cm³/mol. The van der Waals surface area contributed by atoms with Gasteiger partial charge in [-0.1, -0.05) is 17.7 Å². The van der Waals surface area contributed by atoms with Crippen LogP contribution in [0.3, 0.4) is 0 Å². The molecule has 1 aliphatic rings. The number of nitrogens with zero attached hydrogens (tertiary/aromatic N) is 4. The highest BCUT2D eigenvalue weighted by Crippen LogP contribution is 2.36. The van der Waals surface area contributed by atoms with Crippen LogP contribution in [0.1, 0.15) is 11.1 Å². The number of nitro groups is 1. The molecule has 2 amide bonds. The molecule has 0 unspecified atom stereocenters. The maximum absolute atomic E-state index is 14.1. The minimum absolute atomic E-state index is 0.00981. The molecule has 1 aliphatic heterocycles. The average molecular weight is 477 g/mol. The molecule has 9 nitrogen and oxygen atoms in total. The first kappa shape index (κ1) is 21.8. The van der Waals surface area contributed by atoms with Crippen molar-refractivity contribution >= 4 is 57.3 Å². The number of aromatic nitrogens is 2. The van der Waals surface area contributed by atoms with Gasteiger partial charge in [0, 0.05) is 30.7 Å². The lowest BCUT2D eigenvalue weighted by molar-refractivity contribution is -0.385. The summed E-state index contributed by atoms with van der Waals surface area (Å²) in [5, 5.41) is 11.0. The molecule has 0 N–H and O–H groups in total. The van der Waals surface area contributed by atoms with E-state index in [1.165, 1.54) is 59.6 Å². The van der Waals surface area contributed by atoms with E-state index in [4.69, 9.17) is 11.6 Å². The summed E-state index contributed by atoms with van der Waals surface area (Å²) in [5.74, 6) is -1.39. The van der Waals surface area contributed by atoms with Gasteiger partial charge in [-0.3, -0.25) is 33.7 Å². The van der Waals surface area contributed by atoms with Crippen LogP contribution in [0.2, 0.25) is 5.02 Å². The van der Waals surface area contributed by atoms with Gasteiger partial charge >= 0.3 is 5.69 Å². The first-order valence-corrected chi connectivity index (χ1v) is 10.3. The van der Waals surface area contributed by atoms with Crippen molar-refractivity contribution in [3.05, 3.63) is 77.8 Å². The third-order valence-electron chi connectivity index (χ3n) is 5.16. The molecule has 1 aromatic heterocycles. The Morgan fingerprint density at radius 1 is 1.16 bits per heavy atom. The smallest absolute Gasteiger partial charge is 0.295 e. The Hall–Kier alpha value is -3.44. The Balaban J connectivity index is 1.77. The second-order valence-electron chi connectivity index (χ2n) is 7.03. The third kappa shape index (κ3) is 3.49. The van der Waals surface area contributed by atoms with Crippen LogP contribution in [0.15, 0.2) is 40.0 Å². The molecule has 0 atom stereocenters. The Bertz CT molecular complexity index is 1410. The van der Waals surface area contributed by atoms with Crippen molar-refractivity contribution in [3.63, 3.8) is 0 Å². The quantitative estimate of drug-likeness (QED) is 0.322. The molecule has 1 fully saturated rings. The minimum atomic E-state index is -0.726. The number of rotatable bonds is 4. The van der Waals surface area contributed by atoms with Gasteiger partial charge in [0.2, 0.25) is 0 Å². The number of amides is 2. The average Bonchev–Trinajstić information content (AvgIpc) is 3.12. The fraction of sp³-hybridized carbons (Fsp3) is 0.150. The highest BCUT2D eigenvalue weighted by Gasteiger charge is 2.36. The molecule has 164 valence electrons. The second kappa shape index (κ2) is 7.92. The molecule has 0 bridgehead atoms. The zero-order valence-corrected chi connectivity index (χ0v) is 18.2. The summed E-state index contributed by atoms with van der Waals surface area (Å²) in [6.07, 6.45) is 1.23. The number of fused-ring (bicyclic) bond motifs is 1. The standard InChI is InChI=1S/C20H14ClFN4O5S/c1-23-15-6-10(14(26(30)31)8-16(15)24(2)19(23)28)7-17-18(27)25(20(29)32-17)9-11-12(21)4-3-5-13(11)22/h3-8H,9H2,1-2H3/b17-7-. The summed E-state index contributed by atoms with van der Waals surface area (Å²) in [6, 6.07) is 6.67. The molecule has 4 rings (SSSR count). The number of imide groups is 1. The molecular formula is C20H14ClFN4O5S. The number of aryl methyl sites for hydroxylation is 2. The Kier molecular flexibility index (Phi) is 5.39. The van der Waals surface area contributed by atoms with Crippen LogP contribution < -0.4 is 5.69 Å². The maximum atomic E-state index is 14.1. The van der Waals surface area contributed by atoms with Gasteiger partial charge in [0.25, 0.3) is 16.8 Å². The van der Waals surface area contributed by atoms with Gasteiger partial charge in [0.1, 0.15) is 5.82 Å². The van der Waals surface area contributed by atoms with Gasteiger partial charge in [-0.25, -0.2) is 9.18 Å². The zero-order chi connectivity index (χ0) is 23.3. The lowest BCUT2D eigenvalue weighted by Crippen LogP contribution is -2.28. The molecule has 0 radical (unpaired) electrons. The number of carbonyl (C=O) groups is 2. The topological polar surface area (TPSA) is 107 Å². The number of halogens is 2. The lowest BCUT2D eigenvalue weighted by atomic mass is 10.1. The van der Waals surface area contributed by atoms with Crippen LogP contribution in [-0.4, -0.2) is 30.1 Å². The number of benzene rings is 2. The highest BCUT2D eigenvalue weighted by molar-refractivity contribution is 8.18. The molecule has 32 heavy (non-hydrogen) atoms. The van der Waals surface area contributed by atoms with Gasteiger partial charge in [0.05, 0.1) is 33.0 Å². The van der Waals surface area contributed by atoms with Crippen LogP contribution in [0, 0.1) is 15.9 Å². The molecule has 2 heterocycles. The number of carbonyl (C=O) groups excluding carboxylic acids is 2. The first-order chi connectivity index (χ1) is 15.1. The van der Waals surface area contributed by atoms with Crippen molar-refractivity contribution in [2.75, 3.05) is 0 Å². The van der Waals surface area contributed by atoms with E-state index >= 15 is 0 Å². The number of imidazole rings is 1. The Labute approximate surface area is 188 Å². The summed E-state index contributed by atoms with van der Waals surface area (Å²) in [6.45, 7) is -0.373. The van der Waals surface area contributed by atoms with E-state index in [-0.39, 0.29) is 39.0 Å². The zero-order valence-electron chi connectivity index (χ0n) is 16.7. The second-order valence-corrected chi connectivity index (χ2v) is 8.43. The van der Waals surface area contributed by atoms with E-state index in [0.717, 1.165) is 4.90 Å². The van der Waals surface area contributed by atoms with Crippen LogP contribution in [-0.2, 0) is 25.4 Å². The molecule has 0 spiro atoms. The lowest BCUT2D eigenvalue weighted by Gasteiger charge is -2.14. The molecule has 2 aromatic carbocycles. The third-order valence-corrected chi connectivity index (χ3v) is 6.42. The van der Waals surface area contributed by atoms with Gasteiger partial charge in [-0.2, -0.15) is 0 Å². The SMILES string of the molecule is Cn1c(=O)n(C)c2cc([N+](=O)[O-])c(/C=C3\SC(=O)N(Cc4c(F)cccc4Cl)C3=O)cc21. The van der Waals surface area contributed by atoms with Crippen molar-refractivity contribution in [3.8, 4) is 0 Å². The summed E-state index contributed by atoms with van der Waals surface area (Å²) in [7, 11) is 3.01. The fourth-order valence-corrected chi connectivity index (χ4v) is 4.50. The van der Waals surface area contributed by atoms with Crippen LogP contribution in [0.5, 0.6) is 0 Å². The number of nitro benzene ring substituents is 1. The highest BCUT2D eigenvalue weighted by atomic mass is 35.5. The summed E-state index contributed by atoms with van der Waals surface area (Å²) < 4.78 is 16.7. The summed E-state index contributed by atoms with van der Waals surface area (Å²) in [5.41, 5.74) is 0.120. The Morgan fingerprint density at radius 3 is 2.44 bits per heavy atom. The van der Waals surface area contributed by atoms with Gasteiger partial charge < -0.3 is 0 Å². The van der Waals surface area contributed by atoms with E-state index < -0.39 is 21.9 Å². The van der Waals surface area contributed by atoms with E-state index in [0.29, 0.717) is 22.8 Å². The van der Waals surface area contributed by atoms with Crippen LogP contribution >= 0.6 is 23.4 Å². The number of hydrogen-bond donors (Lipinski definition) is 0.